The van der Waals surface area contributed by atoms with Gasteiger partial charge in [-0.2, -0.15) is 0 Å². The number of hydrogen-bond acceptors (Lipinski definition) is 3. The Bertz CT molecular complexity index is 651. The zero-order valence-electron chi connectivity index (χ0n) is 13.7. The first-order valence-electron chi connectivity index (χ1n) is 8.53. The van der Waals surface area contributed by atoms with E-state index in [0.717, 1.165) is 37.1 Å². The first kappa shape index (κ1) is 16.4. The van der Waals surface area contributed by atoms with Crippen LogP contribution in [0.1, 0.15) is 25.7 Å². The van der Waals surface area contributed by atoms with Crippen LogP contribution in [0.5, 0.6) is 11.5 Å². The molecule has 1 N–H and O–H groups in total. The van der Waals surface area contributed by atoms with Crippen LogP contribution < -0.4 is 14.8 Å². The van der Waals surface area contributed by atoms with Crippen LogP contribution in [-0.2, 0) is 4.79 Å². The van der Waals surface area contributed by atoms with Gasteiger partial charge in [-0.25, -0.2) is 0 Å². The molecule has 2 aromatic rings. The summed E-state index contributed by atoms with van der Waals surface area (Å²) in [7, 11) is 0. The number of hydrogen-bond donors (Lipinski definition) is 1. The number of rotatable bonds is 7. The number of amides is 1. The van der Waals surface area contributed by atoms with E-state index in [2.05, 4.69) is 5.32 Å². The van der Waals surface area contributed by atoms with Crippen LogP contribution in [0.4, 0.5) is 5.69 Å². The molecule has 0 heterocycles. The van der Waals surface area contributed by atoms with Gasteiger partial charge in [-0.15, -0.1) is 0 Å². The Labute approximate surface area is 142 Å². The second kappa shape index (κ2) is 8.39. The molecule has 0 spiro atoms. The lowest BCUT2D eigenvalue weighted by Crippen LogP contribution is -2.21. The summed E-state index contributed by atoms with van der Waals surface area (Å²) in [6.45, 7) is 0.875. The second-order valence-corrected chi connectivity index (χ2v) is 5.98. The molecule has 2 aromatic carbocycles. The zero-order chi connectivity index (χ0) is 16.6. The fraction of sp³-hybridized carbons (Fsp3) is 0.350. The van der Waals surface area contributed by atoms with Gasteiger partial charge in [0, 0.05) is 5.92 Å². The van der Waals surface area contributed by atoms with Gasteiger partial charge >= 0.3 is 0 Å². The molecule has 0 aliphatic heterocycles. The normalized spacial score (nSPS) is 14.3. The SMILES string of the molecule is O=C(Nc1ccccc1OCCOc1ccccc1)C1CCCC1. The lowest BCUT2D eigenvalue weighted by Gasteiger charge is -2.15. The molecule has 1 amide bonds. The minimum Gasteiger partial charge on any atom is -0.490 e. The summed E-state index contributed by atoms with van der Waals surface area (Å²) in [5.41, 5.74) is 0.731. The lowest BCUT2D eigenvalue weighted by molar-refractivity contribution is -0.119. The maximum Gasteiger partial charge on any atom is 0.227 e. The maximum atomic E-state index is 12.3. The van der Waals surface area contributed by atoms with Crippen LogP contribution in [0.25, 0.3) is 0 Å². The molecular weight excluding hydrogens is 302 g/mol. The summed E-state index contributed by atoms with van der Waals surface area (Å²) in [5.74, 6) is 1.74. The number of para-hydroxylation sites is 3. The molecule has 1 aliphatic carbocycles. The summed E-state index contributed by atoms with van der Waals surface area (Å²) < 4.78 is 11.4. The first-order valence-corrected chi connectivity index (χ1v) is 8.53. The van der Waals surface area contributed by atoms with Crippen LogP contribution >= 0.6 is 0 Å². The number of benzene rings is 2. The molecule has 0 unspecified atom stereocenters. The number of carbonyl (C=O) groups excluding carboxylic acids is 1. The topological polar surface area (TPSA) is 47.6 Å². The summed E-state index contributed by atoms with van der Waals surface area (Å²) in [5, 5.41) is 3.01. The minimum atomic E-state index is 0.101. The standard InChI is InChI=1S/C20H23NO3/c22-20(16-8-4-5-9-16)21-18-12-6-7-13-19(18)24-15-14-23-17-10-2-1-3-11-17/h1-3,6-7,10-13,16H,4-5,8-9,14-15H2,(H,21,22). The quantitative estimate of drug-likeness (QED) is 0.773. The number of ether oxygens (including phenoxy) is 2. The van der Waals surface area contributed by atoms with Gasteiger partial charge < -0.3 is 14.8 Å². The molecule has 1 aliphatic rings. The highest BCUT2D eigenvalue weighted by Gasteiger charge is 2.23. The third kappa shape index (κ3) is 4.51. The van der Waals surface area contributed by atoms with Gasteiger partial charge in [0.2, 0.25) is 5.91 Å². The van der Waals surface area contributed by atoms with Crippen molar-refractivity contribution in [3.63, 3.8) is 0 Å². The van der Waals surface area contributed by atoms with E-state index in [1.54, 1.807) is 0 Å². The van der Waals surface area contributed by atoms with Crippen LogP contribution in [-0.4, -0.2) is 19.1 Å². The van der Waals surface area contributed by atoms with E-state index in [-0.39, 0.29) is 11.8 Å². The Morgan fingerprint density at radius 1 is 0.917 bits per heavy atom. The van der Waals surface area contributed by atoms with E-state index in [0.29, 0.717) is 19.0 Å². The fourth-order valence-corrected chi connectivity index (χ4v) is 2.95. The van der Waals surface area contributed by atoms with Crippen LogP contribution in [0, 0.1) is 5.92 Å². The highest BCUT2D eigenvalue weighted by atomic mass is 16.5. The predicted molar refractivity (Wildman–Crippen MR) is 94.5 cm³/mol. The highest BCUT2D eigenvalue weighted by Crippen LogP contribution is 2.29. The molecule has 0 atom stereocenters. The number of nitrogens with one attached hydrogen (secondary N) is 1. The molecular formula is C20H23NO3. The maximum absolute atomic E-state index is 12.3. The van der Waals surface area contributed by atoms with Crippen molar-refractivity contribution in [3.05, 3.63) is 54.6 Å². The molecule has 4 nitrogen and oxygen atoms in total. The third-order valence-electron chi connectivity index (χ3n) is 4.22. The van der Waals surface area contributed by atoms with E-state index in [1.165, 1.54) is 0 Å². The molecule has 1 saturated carbocycles. The van der Waals surface area contributed by atoms with Crippen molar-refractivity contribution in [1.82, 2.24) is 0 Å². The van der Waals surface area contributed by atoms with Crippen LogP contribution in [0.15, 0.2) is 54.6 Å². The summed E-state index contributed by atoms with van der Waals surface area (Å²) in [6.07, 6.45) is 4.26. The summed E-state index contributed by atoms with van der Waals surface area (Å²) in [6, 6.07) is 17.2. The monoisotopic (exact) mass is 325 g/mol. The Kier molecular flexibility index (Phi) is 5.72. The average Bonchev–Trinajstić information content (AvgIpc) is 3.16. The van der Waals surface area contributed by atoms with Crippen LogP contribution in [0.2, 0.25) is 0 Å². The van der Waals surface area contributed by atoms with E-state index in [9.17, 15) is 4.79 Å². The largest absolute Gasteiger partial charge is 0.490 e. The summed E-state index contributed by atoms with van der Waals surface area (Å²) >= 11 is 0. The minimum absolute atomic E-state index is 0.101. The van der Waals surface area contributed by atoms with Gasteiger partial charge in [0.1, 0.15) is 24.7 Å². The van der Waals surface area contributed by atoms with E-state index >= 15 is 0 Å². The predicted octanol–water partition coefficient (Wildman–Crippen LogP) is 4.27. The van der Waals surface area contributed by atoms with Gasteiger partial charge in [-0.1, -0.05) is 43.2 Å². The molecule has 4 heteroatoms. The molecule has 24 heavy (non-hydrogen) atoms. The Morgan fingerprint density at radius 2 is 1.58 bits per heavy atom. The number of anilines is 1. The molecule has 3 rings (SSSR count). The zero-order valence-corrected chi connectivity index (χ0v) is 13.7. The van der Waals surface area contributed by atoms with E-state index in [1.807, 2.05) is 54.6 Å². The average molecular weight is 325 g/mol. The van der Waals surface area contributed by atoms with Gasteiger partial charge in [0.15, 0.2) is 0 Å². The van der Waals surface area contributed by atoms with Crippen molar-refractivity contribution in [2.24, 2.45) is 5.92 Å². The second-order valence-electron chi connectivity index (χ2n) is 5.98. The lowest BCUT2D eigenvalue weighted by atomic mass is 10.1. The van der Waals surface area contributed by atoms with Crippen molar-refractivity contribution in [3.8, 4) is 11.5 Å². The molecule has 0 saturated heterocycles. The van der Waals surface area contributed by atoms with Crippen LogP contribution in [0.3, 0.4) is 0 Å². The highest BCUT2D eigenvalue weighted by molar-refractivity contribution is 5.94. The van der Waals surface area contributed by atoms with Crippen molar-refractivity contribution >= 4 is 11.6 Å². The van der Waals surface area contributed by atoms with Crippen molar-refractivity contribution in [2.75, 3.05) is 18.5 Å². The fourth-order valence-electron chi connectivity index (χ4n) is 2.95. The van der Waals surface area contributed by atoms with Crippen molar-refractivity contribution in [1.29, 1.82) is 0 Å². The Hall–Kier alpha value is -2.49. The Morgan fingerprint density at radius 3 is 2.38 bits per heavy atom. The van der Waals surface area contributed by atoms with Gasteiger partial charge in [0.05, 0.1) is 5.69 Å². The van der Waals surface area contributed by atoms with E-state index in [4.69, 9.17) is 9.47 Å². The van der Waals surface area contributed by atoms with Gasteiger partial charge in [-0.05, 0) is 37.1 Å². The smallest absolute Gasteiger partial charge is 0.227 e. The van der Waals surface area contributed by atoms with E-state index < -0.39 is 0 Å². The Balaban J connectivity index is 1.51. The molecule has 1 fully saturated rings. The molecule has 0 radical (unpaired) electrons. The number of carbonyl (C=O) groups is 1. The summed E-state index contributed by atoms with van der Waals surface area (Å²) in [4.78, 5) is 12.3. The molecule has 0 aromatic heterocycles. The molecule has 0 bridgehead atoms. The van der Waals surface area contributed by atoms with Crippen molar-refractivity contribution < 1.29 is 14.3 Å². The first-order chi connectivity index (χ1) is 11.8. The van der Waals surface area contributed by atoms with Gasteiger partial charge in [0.25, 0.3) is 0 Å². The van der Waals surface area contributed by atoms with Gasteiger partial charge in [-0.3, -0.25) is 4.79 Å². The molecule has 126 valence electrons. The third-order valence-corrected chi connectivity index (χ3v) is 4.22. The van der Waals surface area contributed by atoms with Crippen molar-refractivity contribution in [2.45, 2.75) is 25.7 Å².